The first kappa shape index (κ1) is 20.7. The Labute approximate surface area is 175 Å². The SMILES string of the molecule is O=C(O)CC1CCN(c2c(F)cc(-c3cncc(CC4CCCC4)n3)cc2F)CC1. The van der Waals surface area contributed by atoms with Gasteiger partial charge in [0.2, 0.25) is 0 Å². The van der Waals surface area contributed by atoms with Crippen LogP contribution in [0.2, 0.25) is 0 Å². The van der Waals surface area contributed by atoms with Crippen LogP contribution in [-0.4, -0.2) is 34.1 Å². The van der Waals surface area contributed by atoms with Gasteiger partial charge in [-0.25, -0.2) is 13.8 Å². The number of benzene rings is 1. The van der Waals surface area contributed by atoms with Crippen LogP contribution in [-0.2, 0) is 11.2 Å². The number of hydrogen-bond acceptors (Lipinski definition) is 4. The number of aliphatic carboxylic acids is 1. The van der Waals surface area contributed by atoms with Crippen LogP contribution in [0.15, 0.2) is 24.5 Å². The van der Waals surface area contributed by atoms with E-state index in [1.807, 2.05) is 0 Å². The van der Waals surface area contributed by atoms with E-state index in [1.165, 1.54) is 37.8 Å². The molecular formula is C23H27F2N3O2. The fourth-order valence-electron chi connectivity index (χ4n) is 4.78. The van der Waals surface area contributed by atoms with Gasteiger partial charge in [-0.3, -0.25) is 9.78 Å². The first-order valence-electron chi connectivity index (χ1n) is 10.8. The van der Waals surface area contributed by atoms with Gasteiger partial charge in [-0.05, 0) is 43.2 Å². The zero-order chi connectivity index (χ0) is 21.1. The van der Waals surface area contributed by atoms with E-state index in [4.69, 9.17) is 5.11 Å². The number of rotatable bonds is 6. The Morgan fingerprint density at radius 2 is 1.70 bits per heavy atom. The molecule has 1 aliphatic carbocycles. The summed E-state index contributed by atoms with van der Waals surface area (Å²) >= 11 is 0. The van der Waals surface area contributed by atoms with E-state index in [-0.39, 0.29) is 18.0 Å². The van der Waals surface area contributed by atoms with Crippen LogP contribution >= 0.6 is 0 Å². The zero-order valence-electron chi connectivity index (χ0n) is 17.0. The van der Waals surface area contributed by atoms with Crippen molar-refractivity contribution in [2.75, 3.05) is 18.0 Å². The van der Waals surface area contributed by atoms with Crippen LogP contribution in [0.25, 0.3) is 11.3 Å². The summed E-state index contributed by atoms with van der Waals surface area (Å²) in [5.41, 5.74) is 1.69. The molecule has 0 bridgehead atoms. The summed E-state index contributed by atoms with van der Waals surface area (Å²) in [4.78, 5) is 21.4. The quantitative estimate of drug-likeness (QED) is 0.731. The lowest BCUT2D eigenvalue weighted by Crippen LogP contribution is -2.35. The van der Waals surface area contributed by atoms with E-state index in [2.05, 4.69) is 9.97 Å². The molecule has 0 unspecified atom stereocenters. The molecule has 1 aromatic carbocycles. The van der Waals surface area contributed by atoms with Crippen molar-refractivity contribution in [2.45, 2.75) is 51.4 Å². The molecule has 2 aromatic rings. The van der Waals surface area contributed by atoms with Gasteiger partial charge >= 0.3 is 5.97 Å². The van der Waals surface area contributed by atoms with E-state index in [9.17, 15) is 13.6 Å². The minimum absolute atomic E-state index is 0.0393. The Hall–Kier alpha value is -2.57. The number of piperidine rings is 1. The number of aromatic nitrogens is 2. The molecule has 1 aliphatic heterocycles. The maximum atomic E-state index is 14.9. The maximum absolute atomic E-state index is 14.9. The van der Waals surface area contributed by atoms with E-state index in [0.717, 1.165) is 12.1 Å². The molecule has 2 heterocycles. The Kier molecular flexibility index (Phi) is 6.25. The number of carboxylic acids is 1. The van der Waals surface area contributed by atoms with Gasteiger partial charge in [0.25, 0.3) is 0 Å². The van der Waals surface area contributed by atoms with Gasteiger partial charge in [-0.15, -0.1) is 0 Å². The Morgan fingerprint density at radius 3 is 2.33 bits per heavy atom. The second kappa shape index (κ2) is 9.06. The largest absolute Gasteiger partial charge is 0.481 e. The second-order valence-electron chi connectivity index (χ2n) is 8.57. The molecule has 0 spiro atoms. The molecule has 1 N–H and O–H groups in total. The number of halogens is 2. The highest BCUT2D eigenvalue weighted by molar-refractivity contribution is 5.67. The van der Waals surface area contributed by atoms with Crippen LogP contribution in [0.5, 0.6) is 0 Å². The lowest BCUT2D eigenvalue weighted by Gasteiger charge is -2.33. The number of carboxylic acid groups (broad SMARTS) is 1. The van der Waals surface area contributed by atoms with Crippen molar-refractivity contribution in [3.63, 3.8) is 0 Å². The predicted octanol–water partition coefficient (Wildman–Crippen LogP) is 4.85. The van der Waals surface area contributed by atoms with E-state index < -0.39 is 17.6 Å². The van der Waals surface area contributed by atoms with Crippen molar-refractivity contribution >= 4 is 11.7 Å². The highest BCUT2D eigenvalue weighted by atomic mass is 19.1. The number of anilines is 1. The van der Waals surface area contributed by atoms with Gasteiger partial charge in [0.1, 0.15) is 17.3 Å². The standard InChI is InChI=1S/C23H27F2N3O2/c24-19-11-17(21-14-26-13-18(27-21)9-15-3-1-2-4-15)12-20(25)23(19)28-7-5-16(6-8-28)10-22(29)30/h11-16H,1-10H2,(H,29,30). The zero-order valence-corrected chi connectivity index (χ0v) is 17.0. The molecule has 0 radical (unpaired) electrons. The highest BCUT2D eigenvalue weighted by Gasteiger charge is 2.26. The summed E-state index contributed by atoms with van der Waals surface area (Å²) in [6.07, 6.45) is 10.4. The minimum atomic E-state index is -0.827. The molecule has 1 saturated carbocycles. The Bertz CT molecular complexity index is 884. The fourth-order valence-corrected chi connectivity index (χ4v) is 4.78. The van der Waals surface area contributed by atoms with Crippen molar-refractivity contribution in [2.24, 2.45) is 11.8 Å². The predicted molar refractivity (Wildman–Crippen MR) is 110 cm³/mol. The molecule has 7 heteroatoms. The second-order valence-corrected chi connectivity index (χ2v) is 8.57. The molecule has 160 valence electrons. The first-order valence-corrected chi connectivity index (χ1v) is 10.8. The molecule has 2 aliphatic rings. The van der Waals surface area contributed by atoms with E-state index in [0.29, 0.717) is 43.1 Å². The van der Waals surface area contributed by atoms with Crippen molar-refractivity contribution in [1.82, 2.24) is 9.97 Å². The molecule has 5 nitrogen and oxygen atoms in total. The smallest absolute Gasteiger partial charge is 0.303 e. The van der Waals surface area contributed by atoms with Crippen LogP contribution in [0.3, 0.4) is 0 Å². The molecule has 1 saturated heterocycles. The molecule has 1 aromatic heterocycles. The maximum Gasteiger partial charge on any atom is 0.303 e. The number of hydrogen-bond donors (Lipinski definition) is 1. The van der Waals surface area contributed by atoms with Gasteiger partial charge in [0, 0.05) is 31.3 Å². The van der Waals surface area contributed by atoms with Crippen molar-refractivity contribution in [3.05, 3.63) is 41.9 Å². The summed E-state index contributed by atoms with van der Waals surface area (Å²) < 4.78 is 29.8. The lowest BCUT2D eigenvalue weighted by atomic mass is 9.93. The summed E-state index contributed by atoms with van der Waals surface area (Å²) in [5, 5.41) is 8.93. The summed E-state index contributed by atoms with van der Waals surface area (Å²) in [7, 11) is 0. The van der Waals surface area contributed by atoms with Crippen LogP contribution in [0.1, 0.15) is 50.6 Å². The lowest BCUT2D eigenvalue weighted by molar-refractivity contribution is -0.138. The van der Waals surface area contributed by atoms with Crippen LogP contribution in [0.4, 0.5) is 14.5 Å². The molecule has 2 fully saturated rings. The number of carbonyl (C=O) groups is 1. The summed E-state index contributed by atoms with van der Waals surface area (Å²) in [5.74, 6) is -1.39. The van der Waals surface area contributed by atoms with E-state index >= 15 is 0 Å². The first-order chi connectivity index (χ1) is 14.5. The van der Waals surface area contributed by atoms with Gasteiger partial charge in [-0.1, -0.05) is 25.7 Å². The third kappa shape index (κ3) is 4.77. The third-order valence-electron chi connectivity index (χ3n) is 6.36. The summed E-state index contributed by atoms with van der Waals surface area (Å²) in [6.45, 7) is 0.892. The normalized spacial score (nSPS) is 18.1. The van der Waals surface area contributed by atoms with Crippen LogP contribution in [0, 0.1) is 23.5 Å². The molecule has 0 amide bonds. The number of nitrogens with zero attached hydrogens (tertiary/aromatic N) is 3. The highest BCUT2D eigenvalue weighted by Crippen LogP contribution is 2.33. The van der Waals surface area contributed by atoms with E-state index in [1.54, 1.807) is 17.3 Å². The molecule has 30 heavy (non-hydrogen) atoms. The van der Waals surface area contributed by atoms with Crippen molar-refractivity contribution in [3.8, 4) is 11.3 Å². The fraction of sp³-hybridized carbons (Fsp3) is 0.522. The Morgan fingerprint density at radius 1 is 1.03 bits per heavy atom. The Balaban J connectivity index is 1.50. The van der Waals surface area contributed by atoms with Crippen LogP contribution < -0.4 is 4.90 Å². The van der Waals surface area contributed by atoms with Gasteiger partial charge < -0.3 is 10.0 Å². The van der Waals surface area contributed by atoms with Crippen molar-refractivity contribution in [1.29, 1.82) is 0 Å². The van der Waals surface area contributed by atoms with Gasteiger partial charge in [0.15, 0.2) is 0 Å². The van der Waals surface area contributed by atoms with Gasteiger partial charge in [0.05, 0.1) is 17.6 Å². The topological polar surface area (TPSA) is 66.3 Å². The minimum Gasteiger partial charge on any atom is -0.481 e. The van der Waals surface area contributed by atoms with Gasteiger partial charge in [-0.2, -0.15) is 0 Å². The average molecular weight is 415 g/mol. The molecular weight excluding hydrogens is 388 g/mol. The average Bonchev–Trinajstić information content (AvgIpc) is 3.21. The molecule has 0 atom stereocenters. The molecule has 4 rings (SSSR count). The third-order valence-corrected chi connectivity index (χ3v) is 6.36. The van der Waals surface area contributed by atoms with Crippen molar-refractivity contribution < 1.29 is 18.7 Å². The monoisotopic (exact) mass is 415 g/mol. The summed E-state index contributed by atoms with van der Waals surface area (Å²) in [6, 6.07) is 2.65.